The number of allylic oxidation sites excluding steroid dienone is 6. The highest BCUT2D eigenvalue weighted by Crippen LogP contribution is 2.47. The van der Waals surface area contributed by atoms with Gasteiger partial charge in [-0.3, -0.25) is 4.79 Å². The summed E-state index contributed by atoms with van der Waals surface area (Å²) >= 11 is 0. The molecule has 1 atom stereocenters. The van der Waals surface area contributed by atoms with Crippen molar-refractivity contribution in [2.45, 2.75) is 76.2 Å². The van der Waals surface area contributed by atoms with Crippen molar-refractivity contribution in [1.29, 1.82) is 0 Å². The molecule has 290 valence electrons. The maximum Gasteiger partial charge on any atom is 0.303 e. The Morgan fingerprint density at radius 1 is 0.982 bits per heavy atom. The molecule has 0 amide bonds. The van der Waals surface area contributed by atoms with Gasteiger partial charge in [-0.1, -0.05) is 48.6 Å². The summed E-state index contributed by atoms with van der Waals surface area (Å²) in [5.74, 6) is -0.259. The lowest BCUT2D eigenvalue weighted by atomic mass is 9.75. The molecule has 0 aromatic heterocycles. The second-order valence-corrected chi connectivity index (χ2v) is 17.8. The van der Waals surface area contributed by atoms with E-state index in [1.54, 1.807) is 0 Å². The fourth-order valence-electron chi connectivity index (χ4n) is 8.17. The van der Waals surface area contributed by atoms with Crippen LogP contribution in [0.5, 0.6) is 5.75 Å². The van der Waals surface area contributed by atoms with Gasteiger partial charge in [-0.05, 0) is 82.9 Å². The average molecular weight is 786 g/mol. The number of carboxylic acid groups (broad SMARTS) is 1. The van der Waals surface area contributed by atoms with Crippen LogP contribution >= 0.6 is 0 Å². The Hall–Kier alpha value is -4.82. The molecule has 3 aliphatic heterocycles. The lowest BCUT2D eigenvalue weighted by molar-refractivity contribution is -0.437. The van der Waals surface area contributed by atoms with Gasteiger partial charge in [0.2, 0.25) is 5.69 Å². The SMILES string of the molecule is CCN1c2cc3c(cc2C(C)=CC1(C)C)C(=CC=CC1=[N+](CCCS(=O)(=O)[O-])c2ccc(S(=O)(=O)[O-])cc2C1(C)CCCC(=O)O)C=C(c1ccccc1)O3. The summed E-state index contributed by atoms with van der Waals surface area (Å²) in [6.07, 6.45) is 10.2. The fraction of sp³-hybridized carbons (Fsp3) is 0.333. The lowest BCUT2D eigenvalue weighted by Gasteiger charge is -2.43. The predicted octanol–water partition coefficient (Wildman–Crippen LogP) is 7.23. The van der Waals surface area contributed by atoms with Crippen molar-refractivity contribution >= 4 is 60.2 Å². The molecule has 55 heavy (non-hydrogen) atoms. The van der Waals surface area contributed by atoms with E-state index in [1.807, 2.05) is 66.1 Å². The Labute approximate surface area is 323 Å². The fourth-order valence-corrected chi connectivity index (χ4v) is 9.15. The molecule has 0 aliphatic carbocycles. The Balaban J connectivity index is 1.51. The first-order chi connectivity index (χ1) is 25.8. The zero-order chi connectivity index (χ0) is 39.9. The topological polar surface area (TPSA) is 167 Å². The van der Waals surface area contributed by atoms with Crippen LogP contribution in [0.25, 0.3) is 16.9 Å². The van der Waals surface area contributed by atoms with E-state index in [0.29, 0.717) is 28.5 Å². The van der Waals surface area contributed by atoms with Gasteiger partial charge in [0.15, 0.2) is 5.71 Å². The molecule has 13 heteroatoms. The third-order valence-corrected chi connectivity index (χ3v) is 12.3. The largest absolute Gasteiger partial charge is 0.748 e. The molecule has 3 heterocycles. The number of hydrogen-bond acceptors (Lipinski definition) is 9. The monoisotopic (exact) mass is 785 g/mol. The number of aliphatic carboxylic acids is 1. The third kappa shape index (κ3) is 8.25. The first-order valence-electron chi connectivity index (χ1n) is 18.2. The van der Waals surface area contributed by atoms with Crippen LogP contribution in [0.4, 0.5) is 11.4 Å². The highest BCUT2D eigenvalue weighted by Gasteiger charge is 2.47. The summed E-state index contributed by atoms with van der Waals surface area (Å²) in [4.78, 5) is 13.5. The molecule has 0 saturated carbocycles. The maximum atomic E-state index is 12.1. The van der Waals surface area contributed by atoms with Crippen molar-refractivity contribution in [3.05, 3.63) is 113 Å². The van der Waals surface area contributed by atoms with Crippen molar-refractivity contribution in [2.24, 2.45) is 0 Å². The van der Waals surface area contributed by atoms with Gasteiger partial charge in [-0.15, -0.1) is 0 Å². The first-order valence-corrected chi connectivity index (χ1v) is 21.2. The van der Waals surface area contributed by atoms with E-state index in [4.69, 9.17) is 4.74 Å². The van der Waals surface area contributed by atoms with Gasteiger partial charge in [0.05, 0.1) is 26.0 Å². The number of likely N-dealkylation sites (N-methyl/N-ethyl adjacent to an activating group) is 1. The second-order valence-electron chi connectivity index (χ2n) is 14.9. The third-order valence-electron chi connectivity index (χ3n) is 10.6. The number of carbonyl (C=O) groups is 1. The summed E-state index contributed by atoms with van der Waals surface area (Å²) in [5.41, 5.74) is 6.41. The highest BCUT2D eigenvalue weighted by atomic mass is 32.2. The minimum atomic E-state index is -4.84. The van der Waals surface area contributed by atoms with Gasteiger partial charge >= 0.3 is 5.97 Å². The van der Waals surface area contributed by atoms with E-state index in [2.05, 4.69) is 50.8 Å². The Bertz CT molecular complexity index is 2430. The molecule has 3 aliphatic rings. The second kappa shape index (κ2) is 15.0. The van der Waals surface area contributed by atoms with Crippen molar-refractivity contribution in [2.75, 3.05) is 23.7 Å². The molecular formula is C42H45N2O9S2-. The molecule has 6 rings (SSSR count). The van der Waals surface area contributed by atoms with Crippen LogP contribution in [0.1, 0.15) is 82.6 Å². The predicted molar refractivity (Wildman–Crippen MR) is 212 cm³/mol. The maximum absolute atomic E-state index is 12.1. The Kier molecular flexibility index (Phi) is 10.9. The van der Waals surface area contributed by atoms with Gasteiger partial charge in [-0.25, -0.2) is 16.8 Å². The molecule has 0 bridgehead atoms. The Morgan fingerprint density at radius 3 is 2.36 bits per heavy atom. The minimum absolute atomic E-state index is 0.0199. The van der Waals surface area contributed by atoms with E-state index < -0.39 is 42.3 Å². The van der Waals surface area contributed by atoms with Gasteiger partial charge in [0.1, 0.15) is 28.2 Å². The molecule has 0 fully saturated rings. The molecule has 1 unspecified atom stereocenters. The van der Waals surface area contributed by atoms with Crippen LogP contribution in [-0.4, -0.2) is 71.7 Å². The molecule has 11 nitrogen and oxygen atoms in total. The van der Waals surface area contributed by atoms with Crippen molar-refractivity contribution in [3.8, 4) is 5.75 Å². The molecule has 0 saturated heterocycles. The van der Waals surface area contributed by atoms with Crippen LogP contribution in [0.15, 0.2) is 95.9 Å². The van der Waals surface area contributed by atoms with Gasteiger partial charge < -0.3 is 23.8 Å². The number of benzene rings is 3. The number of anilines is 1. The normalized spacial score (nSPS) is 19.8. The van der Waals surface area contributed by atoms with E-state index in [0.717, 1.165) is 40.1 Å². The smallest absolute Gasteiger partial charge is 0.303 e. The van der Waals surface area contributed by atoms with Crippen LogP contribution < -0.4 is 9.64 Å². The van der Waals surface area contributed by atoms with Crippen LogP contribution in [0.3, 0.4) is 0 Å². The zero-order valence-electron chi connectivity index (χ0n) is 31.5. The van der Waals surface area contributed by atoms with E-state index >= 15 is 0 Å². The van der Waals surface area contributed by atoms with Crippen molar-refractivity contribution < 1.29 is 45.2 Å². The van der Waals surface area contributed by atoms with Crippen molar-refractivity contribution in [3.63, 3.8) is 0 Å². The summed E-state index contributed by atoms with van der Waals surface area (Å²) < 4.78 is 79.6. The summed E-state index contributed by atoms with van der Waals surface area (Å²) in [6, 6.07) is 18.0. The molecule has 3 aromatic rings. The quantitative estimate of drug-likeness (QED) is 0.138. The van der Waals surface area contributed by atoms with E-state index in [9.17, 15) is 35.8 Å². The average Bonchev–Trinajstić information content (AvgIpc) is 3.32. The van der Waals surface area contributed by atoms with Gasteiger partial charge in [0.25, 0.3) is 0 Å². The van der Waals surface area contributed by atoms with Crippen LogP contribution in [0.2, 0.25) is 0 Å². The number of ether oxygens (including phenoxy) is 1. The van der Waals surface area contributed by atoms with E-state index in [-0.39, 0.29) is 37.8 Å². The van der Waals surface area contributed by atoms with Crippen LogP contribution in [-0.2, 0) is 30.4 Å². The number of carboxylic acids is 1. The first kappa shape index (κ1) is 39.9. The molecule has 0 spiro atoms. The summed E-state index contributed by atoms with van der Waals surface area (Å²) in [6.45, 7) is 11.3. The standard InChI is InChI=1S/C42H46N2O9S2/c1-6-44-36-26-38-33(25-32(36)28(2)27-41(44,3)4)30(23-37(53-38)29-13-8-7-9-14-29)15-10-16-39-42(5,20-11-17-40(45)46)34-24-31(55(50,51)52)18-19-35(34)43(39)21-12-22-54(47,48)49/h7-10,13-16,18-19,23-27H,6,11-12,17,20-22H2,1-5H3,(H2-,45,46,47,48,49,50,51,52)/p-1. The molecule has 0 radical (unpaired) electrons. The number of fused-ring (bicyclic) bond motifs is 3. The van der Waals surface area contributed by atoms with Gasteiger partial charge in [-0.2, -0.15) is 4.58 Å². The van der Waals surface area contributed by atoms with Gasteiger partial charge in [0, 0.05) is 71.3 Å². The lowest BCUT2D eigenvalue weighted by Crippen LogP contribution is -2.44. The molecular weight excluding hydrogens is 741 g/mol. The molecule has 1 N–H and O–H groups in total. The molecule has 3 aromatic carbocycles. The summed E-state index contributed by atoms with van der Waals surface area (Å²) in [7, 11) is -9.36. The zero-order valence-corrected chi connectivity index (χ0v) is 33.2. The highest BCUT2D eigenvalue weighted by molar-refractivity contribution is 7.86. The number of hydrogen-bond donors (Lipinski definition) is 1. The Morgan fingerprint density at radius 2 is 1.71 bits per heavy atom. The van der Waals surface area contributed by atoms with E-state index in [1.165, 1.54) is 18.2 Å². The van der Waals surface area contributed by atoms with Crippen molar-refractivity contribution in [1.82, 2.24) is 0 Å². The number of nitrogens with zero attached hydrogens (tertiary/aromatic N) is 2. The minimum Gasteiger partial charge on any atom is -0.748 e. The van der Waals surface area contributed by atoms with Crippen LogP contribution in [0, 0.1) is 0 Å². The number of rotatable bonds is 13. The summed E-state index contributed by atoms with van der Waals surface area (Å²) in [5, 5.41) is 9.47.